The van der Waals surface area contributed by atoms with E-state index in [0.717, 1.165) is 4.31 Å². The minimum absolute atomic E-state index is 0.0194. The largest absolute Gasteiger partial charge is 0.350 e. The molecule has 0 aromatic heterocycles. The van der Waals surface area contributed by atoms with Crippen molar-refractivity contribution in [3.8, 4) is 0 Å². The molecule has 2 aromatic carbocycles. The van der Waals surface area contributed by atoms with E-state index in [4.69, 9.17) is 0 Å². The Bertz CT molecular complexity index is 953. The molecule has 27 heavy (non-hydrogen) atoms. The van der Waals surface area contributed by atoms with E-state index in [2.05, 4.69) is 10.6 Å². The summed E-state index contributed by atoms with van der Waals surface area (Å²) in [7, 11) is -0.807. The molecule has 0 aliphatic heterocycles. The summed E-state index contributed by atoms with van der Waals surface area (Å²) in [6.45, 7) is 3.69. The number of amides is 2. The molecule has 2 rings (SSSR count). The summed E-state index contributed by atoms with van der Waals surface area (Å²) in [5.41, 5.74) is 0.857. The highest BCUT2D eigenvalue weighted by Crippen LogP contribution is 2.19. The number of nitrogens with one attached hydrogen (secondary N) is 2. The summed E-state index contributed by atoms with van der Waals surface area (Å²) in [5, 5.41) is 5.46. The fourth-order valence-electron chi connectivity index (χ4n) is 2.33. The average Bonchev–Trinajstić information content (AvgIpc) is 2.61. The molecule has 0 unspecified atom stereocenters. The summed E-state index contributed by atoms with van der Waals surface area (Å²) in [6, 6.07) is 12.3. The lowest BCUT2D eigenvalue weighted by molar-refractivity contribution is 0.0944. The maximum Gasteiger partial charge on any atom is 0.255 e. The van der Waals surface area contributed by atoms with E-state index < -0.39 is 15.9 Å². The van der Waals surface area contributed by atoms with Crippen LogP contribution in [0.4, 0.5) is 5.69 Å². The fourth-order valence-corrected chi connectivity index (χ4v) is 3.28. The number of carbonyl (C=O) groups excluding carboxylic acids is 2. The van der Waals surface area contributed by atoms with Crippen LogP contribution in [0.1, 0.15) is 34.6 Å². The van der Waals surface area contributed by atoms with Gasteiger partial charge in [0.05, 0.1) is 16.1 Å². The Morgan fingerprint density at radius 1 is 0.963 bits per heavy atom. The molecule has 2 amide bonds. The van der Waals surface area contributed by atoms with Gasteiger partial charge in [-0.2, -0.15) is 0 Å². The first-order chi connectivity index (χ1) is 12.6. The summed E-state index contributed by atoms with van der Waals surface area (Å²) in [6.07, 6.45) is 0. The molecule has 0 heterocycles. The van der Waals surface area contributed by atoms with Crippen molar-refractivity contribution in [3.63, 3.8) is 0 Å². The monoisotopic (exact) mass is 389 g/mol. The van der Waals surface area contributed by atoms with Crippen molar-refractivity contribution in [1.29, 1.82) is 0 Å². The van der Waals surface area contributed by atoms with Crippen molar-refractivity contribution in [2.24, 2.45) is 0 Å². The van der Waals surface area contributed by atoms with Gasteiger partial charge in [-0.1, -0.05) is 18.2 Å². The first-order valence-electron chi connectivity index (χ1n) is 8.36. The third-order valence-corrected chi connectivity index (χ3v) is 5.53. The zero-order valence-corrected chi connectivity index (χ0v) is 16.5. The lowest BCUT2D eigenvalue weighted by atomic mass is 10.1. The molecule has 0 fully saturated rings. The van der Waals surface area contributed by atoms with Gasteiger partial charge >= 0.3 is 0 Å². The molecular formula is C19H23N3O4S. The van der Waals surface area contributed by atoms with Gasteiger partial charge in [0.1, 0.15) is 0 Å². The van der Waals surface area contributed by atoms with E-state index in [9.17, 15) is 18.0 Å². The van der Waals surface area contributed by atoms with Crippen LogP contribution < -0.4 is 10.6 Å². The Balaban J connectivity index is 2.31. The SMILES string of the molecule is CC(C)NC(=O)c1ccccc1NC(=O)c1cccc(S(=O)(=O)N(C)C)c1. The van der Waals surface area contributed by atoms with Crippen LogP contribution >= 0.6 is 0 Å². The van der Waals surface area contributed by atoms with Crippen LogP contribution in [0.2, 0.25) is 0 Å². The standard InChI is InChI=1S/C19H23N3O4S/c1-13(2)20-19(24)16-10-5-6-11-17(16)21-18(23)14-8-7-9-15(12-14)27(25,26)22(3)4/h5-13H,1-4H3,(H,20,24)(H,21,23). The molecule has 7 nitrogen and oxygen atoms in total. The van der Waals surface area contributed by atoms with Gasteiger partial charge in [0.25, 0.3) is 11.8 Å². The Morgan fingerprint density at radius 2 is 1.63 bits per heavy atom. The molecule has 0 saturated heterocycles. The second kappa shape index (κ2) is 8.32. The maximum atomic E-state index is 12.6. The molecule has 0 saturated carbocycles. The van der Waals surface area contributed by atoms with Crippen molar-refractivity contribution in [2.75, 3.05) is 19.4 Å². The minimum Gasteiger partial charge on any atom is -0.350 e. The predicted molar refractivity (Wildman–Crippen MR) is 104 cm³/mol. The number of sulfonamides is 1. The van der Waals surface area contributed by atoms with Crippen LogP contribution in [0.15, 0.2) is 53.4 Å². The molecule has 0 aliphatic carbocycles. The quantitative estimate of drug-likeness (QED) is 0.793. The Labute approximate surface area is 159 Å². The number of hydrogen-bond acceptors (Lipinski definition) is 4. The van der Waals surface area contributed by atoms with E-state index in [1.807, 2.05) is 13.8 Å². The molecule has 0 bridgehead atoms. The summed E-state index contributed by atoms with van der Waals surface area (Å²) in [5.74, 6) is -0.805. The van der Waals surface area contributed by atoms with Crippen molar-refractivity contribution in [2.45, 2.75) is 24.8 Å². The highest BCUT2D eigenvalue weighted by atomic mass is 32.2. The van der Waals surface area contributed by atoms with Crippen LogP contribution in [-0.4, -0.2) is 44.7 Å². The van der Waals surface area contributed by atoms with Crippen molar-refractivity contribution in [1.82, 2.24) is 9.62 Å². The zero-order chi connectivity index (χ0) is 20.2. The number of carbonyl (C=O) groups is 2. The number of rotatable bonds is 6. The molecule has 8 heteroatoms. The summed E-state index contributed by atoms with van der Waals surface area (Å²) in [4.78, 5) is 24.9. The lowest BCUT2D eigenvalue weighted by Gasteiger charge is -2.14. The smallest absolute Gasteiger partial charge is 0.255 e. The van der Waals surface area contributed by atoms with Crippen molar-refractivity contribution >= 4 is 27.5 Å². The van der Waals surface area contributed by atoms with Crippen LogP contribution in [0, 0.1) is 0 Å². The molecule has 0 aliphatic rings. The number of para-hydroxylation sites is 1. The van der Waals surface area contributed by atoms with E-state index in [-0.39, 0.29) is 22.4 Å². The minimum atomic E-state index is -3.65. The van der Waals surface area contributed by atoms with E-state index in [0.29, 0.717) is 11.3 Å². The van der Waals surface area contributed by atoms with Gasteiger partial charge in [0.2, 0.25) is 10.0 Å². The predicted octanol–water partition coefficient (Wildman–Crippen LogP) is 2.33. The number of hydrogen-bond donors (Lipinski definition) is 2. The van der Waals surface area contributed by atoms with Crippen LogP contribution in [0.3, 0.4) is 0 Å². The molecular weight excluding hydrogens is 366 g/mol. The van der Waals surface area contributed by atoms with Crippen LogP contribution in [-0.2, 0) is 10.0 Å². The van der Waals surface area contributed by atoms with Crippen LogP contribution in [0.25, 0.3) is 0 Å². The highest BCUT2D eigenvalue weighted by molar-refractivity contribution is 7.89. The van der Waals surface area contributed by atoms with Gasteiger partial charge in [0.15, 0.2) is 0 Å². The van der Waals surface area contributed by atoms with E-state index in [1.165, 1.54) is 38.4 Å². The number of benzene rings is 2. The van der Waals surface area contributed by atoms with Gasteiger partial charge in [0, 0.05) is 25.7 Å². The van der Waals surface area contributed by atoms with E-state index >= 15 is 0 Å². The topological polar surface area (TPSA) is 95.6 Å². The lowest BCUT2D eigenvalue weighted by Crippen LogP contribution is -2.31. The third-order valence-electron chi connectivity index (χ3n) is 3.71. The zero-order valence-electron chi connectivity index (χ0n) is 15.7. The van der Waals surface area contributed by atoms with Gasteiger partial charge in [-0.15, -0.1) is 0 Å². The van der Waals surface area contributed by atoms with Gasteiger partial charge in [-0.25, -0.2) is 12.7 Å². The summed E-state index contributed by atoms with van der Waals surface area (Å²) < 4.78 is 25.6. The molecule has 2 N–H and O–H groups in total. The molecule has 144 valence electrons. The second-order valence-corrected chi connectivity index (χ2v) is 8.59. The van der Waals surface area contributed by atoms with Gasteiger partial charge < -0.3 is 10.6 Å². The number of nitrogens with zero attached hydrogens (tertiary/aromatic N) is 1. The van der Waals surface area contributed by atoms with E-state index in [1.54, 1.807) is 24.3 Å². The molecule has 2 aromatic rings. The maximum absolute atomic E-state index is 12.6. The Morgan fingerprint density at radius 3 is 2.26 bits per heavy atom. The van der Waals surface area contributed by atoms with Crippen LogP contribution in [0.5, 0.6) is 0 Å². The molecule has 0 atom stereocenters. The van der Waals surface area contributed by atoms with Crippen molar-refractivity contribution < 1.29 is 18.0 Å². The Hall–Kier alpha value is -2.71. The van der Waals surface area contributed by atoms with Crippen molar-refractivity contribution in [3.05, 3.63) is 59.7 Å². The second-order valence-electron chi connectivity index (χ2n) is 6.44. The van der Waals surface area contributed by atoms with Gasteiger partial charge in [-0.05, 0) is 44.2 Å². The Kier molecular flexibility index (Phi) is 6.35. The average molecular weight is 389 g/mol. The molecule has 0 radical (unpaired) electrons. The third kappa shape index (κ3) is 4.93. The normalized spacial score (nSPS) is 11.5. The fraction of sp³-hybridized carbons (Fsp3) is 0.263. The first kappa shape index (κ1) is 20.6. The molecule has 0 spiro atoms. The summed E-state index contributed by atoms with van der Waals surface area (Å²) >= 11 is 0. The highest BCUT2D eigenvalue weighted by Gasteiger charge is 2.20. The number of anilines is 1. The van der Waals surface area contributed by atoms with Gasteiger partial charge in [-0.3, -0.25) is 9.59 Å². The first-order valence-corrected chi connectivity index (χ1v) is 9.80.